The van der Waals surface area contributed by atoms with Crippen molar-refractivity contribution in [1.82, 2.24) is 5.32 Å². The molecular formula is C15H22ClNO. The molecule has 0 saturated heterocycles. The van der Waals surface area contributed by atoms with E-state index in [1.54, 1.807) is 0 Å². The summed E-state index contributed by atoms with van der Waals surface area (Å²) in [7, 11) is 0. The molecule has 1 saturated carbocycles. The maximum atomic E-state index is 6.08. The first kappa shape index (κ1) is 13.7. The third-order valence-electron chi connectivity index (χ3n) is 3.56. The molecule has 0 aromatic heterocycles. The zero-order valence-corrected chi connectivity index (χ0v) is 11.8. The van der Waals surface area contributed by atoms with Crippen LogP contribution in [-0.4, -0.2) is 19.2 Å². The van der Waals surface area contributed by atoms with Crippen molar-refractivity contribution in [2.45, 2.75) is 45.1 Å². The highest BCUT2D eigenvalue weighted by molar-refractivity contribution is 6.31. The normalized spacial score (nSPS) is 16.1. The predicted octanol–water partition coefficient (Wildman–Crippen LogP) is 3.81. The fourth-order valence-electron chi connectivity index (χ4n) is 2.47. The van der Waals surface area contributed by atoms with Crippen molar-refractivity contribution in [3.05, 3.63) is 28.8 Å². The zero-order chi connectivity index (χ0) is 12.8. The van der Waals surface area contributed by atoms with Gasteiger partial charge in [0.1, 0.15) is 12.4 Å². The Morgan fingerprint density at radius 2 is 2.11 bits per heavy atom. The highest BCUT2D eigenvalue weighted by atomic mass is 35.5. The van der Waals surface area contributed by atoms with Crippen LogP contribution in [-0.2, 0) is 6.42 Å². The third-order valence-corrected chi connectivity index (χ3v) is 3.93. The summed E-state index contributed by atoms with van der Waals surface area (Å²) in [6.45, 7) is 3.75. The SMILES string of the molecule is CCc1cc(OCCNC2CCCC2)ccc1Cl. The number of rotatable bonds is 6. The van der Waals surface area contributed by atoms with E-state index in [9.17, 15) is 0 Å². The molecule has 0 radical (unpaired) electrons. The Balaban J connectivity index is 1.72. The average Bonchev–Trinajstić information content (AvgIpc) is 2.89. The van der Waals surface area contributed by atoms with E-state index < -0.39 is 0 Å². The number of aryl methyl sites for hydroxylation is 1. The minimum Gasteiger partial charge on any atom is -0.492 e. The first-order valence-corrected chi connectivity index (χ1v) is 7.32. The van der Waals surface area contributed by atoms with E-state index in [4.69, 9.17) is 16.3 Å². The molecule has 18 heavy (non-hydrogen) atoms. The van der Waals surface area contributed by atoms with E-state index in [-0.39, 0.29) is 0 Å². The lowest BCUT2D eigenvalue weighted by Crippen LogP contribution is -2.30. The Hall–Kier alpha value is -0.730. The summed E-state index contributed by atoms with van der Waals surface area (Å²) < 4.78 is 5.74. The zero-order valence-electron chi connectivity index (χ0n) is 11.0. The Bertz CT molecular complexity index is 375. The lowest BCUT2D eigenvalue weighted by atomic mass is 10.1. The Kier molecular flexibility index (Phi) is 5.33. The van der Waals surface area contributed by atoms with E-state index in [1.165, 1.54) is 25.7 Å². The fraction of sp³-hybridized carbons (Fsp3) is 0.600. The summed E-state index contributed by atoms with van der Waals surface area (Å²) >= 11 is 6.08. The Morgan fingerprint density at radius 3 is 2.83 bits per heavy atom. The van der Waals surface area contributed by atoms with Gasteiger partial charge < -0.3 is 10.1 Å². The molecule has 0 heterocycles. The number of hydrogen-bond donors (Lipinski definition) is 1. The molecule has 100 valence electrons. The van der Waals surface area contributed by atoms with Gasteiger partial charge in [0.25, 0.3) is 0 Å². The smallest absolute Gasteiger partial charge is 0.119 e. The van der Waals surface area contributed by atoms with Gasteiger partial charge in [0, 0.05) is 17.6 Å². The van der Waals surface area contributed by atoms with Gasteiger partial charge in [-0.15, -0.1) is 0 Å². The molecule has 1 aliphatic carbocycles. The second-order valence-electron chi connectivity index (χ2n) is 4.89. The summed E-state index contributed by atoms with van der Waals surface area (Å²) in [5.41, 5.74) is 1.15. The van der Waals surface area contributed by atoms with Gasteiger partial charge in [0.2, 0.25) is 0 Å². The van der Waals surface area contributed by atoms with Crippen LogP contribution in [0.1, 0.15) is 38.2 Å². The van der Waals surface area contributed by atoms with Crippen molar-refractivity contribution in [3.63, 3.8) is 0 Å². The first-order valence-electron chi connectivity index (χ1n) is 6.94. The van der Waals surface area contributed by atoms with Gasteiger partial charge in [-0.05, 0) is 43.0 Å². The van der Waals surface area contributed by atoms with E-state index in [2.05, 4.69) is 12.2 Å². The van der Waals surface area contributed by atoms with E-state index >= 15 is 0 Å². The Labute approximate surface area is 115 Å². The molecule has 0 amide bonds. The molecule has 0 unspecified atom stereocenters. The Morgan fingerprint density at radius 1 is 1.33 bits per heavy atom. The van der Waals surface area contributed by atoms with E-state index in [0.29, 0.717) is 6.04 Å². The minimum atomic E-state index is 0.713. The van der Waals surface area contributed by atoms with Gasteiger partial charge >= 0.3 is 0 Å². The van der Waals surface area contributed by atoms with Gasteiger partial charge in [-0.2, -0.15) is 0 Å². The van der Waals surface area contributed by atoms with Crippen LogP contribution in [0.15, 0.2) is 18.2 Å². The predicted molar refractivity (Wildman–Crippen MR) is 76.6 cm³/mol. The number of nitrogens with one attached hydrogen (secondary N) is 1. The van der Waals surface area contributed by atoms with E-state index in [0.717, 1.165) is 35.9 Å². The molecule has 3 heteroatoms. The molecule has 0 aliphatic heterocycles. The van der Waals surface area contributed by atoms with Crippen LogP contribution in [0.25, 0.3) is 0 Å². The summed E-state index contributed by atoms with van der Waals surface area (Å²) in [4.78, 5) is 0. The topological polar surface area (TPSA) is 21.3 Å². The second kappa shape index (κ2) is 7.01. The quantitative estimate of drug-likeness (QED) is 0.792. The van der Waals surface area contributed by atoms with Crippen LogP contribution in [0, 0.1) is 0 Å². The lowest BCUT2D eigenvalue weighted by Gasteiger charge is -2.13. The average molecular weight is 268 g/mol. The fourth-order valence-corrected chi connectivity index (χ4v) is 2.72. The van der Waals surface area contributed by atoms with Crippen LogP contribution in [0.5, 0.6) is 5.75 Å². The van der Waals surface area contributed by atoms with Gasteiger partial charge in [0.15, 0.2) is 0 Å². The van der Waals surface area contributed by atoms with Crippen LogP contribution in [0.2, 0.25) is 5.02 Å². The number of hydrogen-bond acceptors (Lipinski definition) is 2. The second-order valence-corrected chi connectivity index (χ2v) is 5.30. The van der Waals surface area contributed by atoms with Crippen molar-refractivity contribution in [3.8, 4) is 5.75 Å². The van der Waals surface area contributed by atoms with Crippen LogP contribution >= 0.6 is 11.6 Å². The maximum Gasteiger partial charge on any atom is 0.119 e. The molecule has 1 aliphatic rings. The summed E-state index contributed by atoms with van der Waals surface area (Å²) in [6, 6.07) is 6.61. The molecule has 1 aromatic rings. The molecule has 1 fully saturated rings. The van der Waals surface area contributed by atoms with Crippen LogP contribution in [0.4, 0.5) is 0 Å². The van der Waals surface area contributed by atoms with E-state index in [1.807, 2.05) is 18.2 Å². The highest BCUT2D eigenvalue weighted by Crippen LogP contribution is 2.22. The monoisotopic (exact) mass is 267 g/mol. The first-order chi connectivity index (χ1) is 8.79. The number of halogens is 1. The summed E-state index contributed by atoms with van der Waals surface area (Å²) in [6.07, 6.45) is 6.32. The van der Waals surface area contributed by atoms with Gasteiger partial charge in [-0.25, -0.2) is 0 Å². The lowest BCUT2D eigenvalue weighted by molar-refractivity contribution is 0.305. The van der Waals surface area contributed by atoms with Crippen molar-refractivity contribution < 1.29 is 4.74 Å². The third kappa shape index (κ3) is 3.89. The molecule has 0 bridgehead atoms. The molecule has 1 aromatic carbocycles. The minimum absolute atomic E-state index is 0.713. The van der Waals surface area contributed by atoms with Gasteiger partial charge in [0.05, 0.1) is 0 Å². The number of benzene rings is 1. The van der Waals surface area contributed by atoms with Crippen molar-refractivity contribution in [2.24, 2.45) is 0 Å². The van der Waals surface area contributed by atoms with Crippen LogP contribution < -0.4 is 10.1 Å². The van der Waals surface area contributed by atoms with Gasteiger partial charge in [-0.1, -0.05) is 31.4 Å². The van der Waals surface area contributed by atoms with Crippen molar-refractivity contribution in [1.29, 1.82) is 0 Å². The maximum absolute atomic E-state index is 6.08. The molecular weight excluding hydrogens is 246 g/mol. The standard InChI is InChI=1S/C15H22ClNO/c1-2-12-11-14(7-8-15(12)16)18-10-9-17-13-5-3-4-6-13/h7-8,11,13,17H,2-6,9-10H2,1H3. The van der Waals surface area contributed by atoms with Gasteiger partial charge in [-0.3, -0.25) is 0 Å². The molecule has 1 N–H and O–H groups in total. The summed E-state index contributed by atoms with van der Waals surface area (Å²) in [5, 5.41) is 4.37. The van der Waals surface area contributed by atoms with Crippen molar-refractivity contribution >= 4 is 11.6 Å². The molecule has 0 atom stereocenters. The summed E-state index contributed by atoms with van der Waals surface area (Å²) in [5.74, 6) is 0.921. The van der Waals surface area contributed by atoms with Crippen LogP contribution in [0.3, 0.4) is 0 Å². The molecule has 0 spiro atoms. The molecule has 2 nitrogen and oxygen atoms in total. The van der Waals surface area contributed by atoms with Crippen molar-refractivity contribution in [2.75, 3.05) is 13.2 Å². The highest BCUT2D eigenvalue weighted by Gasteiger charge is 2.13. The number of ether oxygens (including phenoxy) is 1. The largest absolute Gasteiger partial charge is 0.492 e. The molecule has 2 rings (SSSR count).